The van der Waals surface area contributed by atoms with Gasteiger partial charge < -0.3 is 46.1 Å². The number of rotatable bonds is 13. The van der Waals surface area contributed by atoms with E-state index in [4.69, 9.17) is 54.9 Å². The number of aryl methyl sites for hydroxylation is 1. The monoisotopic (exact) mass is 952 g/mol. The number of ether oxygens (including phenoxy) is 1. The van der Waals surface area contributed by atoms with E-state index in [2.05, 4.69) is 41.6 Å². The van der Waals surface area contributed by atoms with Crippen LogP contribution in [-0.2, 0) is 20.9 Å². The smallest absolute Gasteiger partial charge is 0.352 e. The molecule has 61 heavy (non-hydrogen) atoms. The van der Waals surface area contributed by atoms with E-state index in [1.807, 2.05) is 0 Å². The van der Waals surface area contributed by atoms with Gasteiger partial charge in [-0.25, -0.2) is 33.5 Å². The standard InChI is InChI=1S/C9H16ClN3O2.C8H15N3O7.C7H15Cl2N2O2P.C6H6N6O2/c10-6-7-13(12-15)9(14)11-8-4-2-1-3-5-8;1-11(10-17)8(16)9-4-6(14)5(13)3(2-12)18-7(4)15;8-2-5-11(6-3-9)14(12)10-4-1-7-13-14;1-11-6(14)12-2-8-3(4(7)13)5(12)9-10-11/h8H,1-7H2,(H,11,14);3-7,12-15H,2H2,1H3,(H,9,16);1-7H2,(H,10,12);2H,1H3,(H2,7,13)/t;3-,4-,5-,6-,7+;;/m.1../s1. The summed E-state index contributed by atoms with van der Waals surface area (Å²) in [4.78, 5) is 69.1. The second-order valence-corrected chi connectivity index (χ2v) is 16.4. The Morgan fingerprint density at radius 1 is 1.00 bits per heavy atom. The number of nitrogens with zero attached hydrogens (tertiary/aromatic N) is 10. The minimum Gasteiger partial charge on any atom is -0.394 e. The highest BCUT2D eigenvalue weighted by Gasteiger charge is 2.44. The van der Waals surface area contributed by atoms with Crippen molar-refractivity contribution >= 4 is 66.1 Å². The first-order chi connectivity index (χ1) is 29.0. The zero-order valence-corrected chi connectivity index (χ0v) is 36.4. The summed E-state index contributed by atoms with van der Waals surface area (Å²) in [6.45, 7) is 1.86. The number of amides is 5. The Hall–Kier alpha value is -3.73. The van der Waals surface area contributed by atoms with Crippen LogP contribution in [0.2, 0.25) is 0 Å². The topological polar surface area (TPSA) is 363 Å². The molecule has 0 bridgehead atoms. The first-order valence-electron chi connectivity index (χ1n) is 18.6. The zero-order chi connectivity index (χ0) is 45.7. The number of carbonyl (C=O) groups is 3. The third-order valence-corrected chi connectivity index (χ3v) is 11.7. The van der Waals surface area contributed by atoms with Gasteiger partial charge in [-0.1, -0.05) is 24.5 Å². The maximum atomic E-state index is 12.2. The lowest BCUT2D eigenvalue weighted by Crippen LogP contribution is -2.64. The zero-order valence-electron chi connectivity index (χ0n) is 33.2. The normalized spacial score (nSPS) is 23.7. The summed E-state index contributed by atoms with van der Waals surface area (Å²) in [7, 11) is -0.332. The number of hydrogen-bond donors (Lipinski definition) is 8. The Balaban J connectivity index is 0.000000281. The van der Waals surface area contributed by atoms with E-state index in [-0.39, 0.29) is 29.8 Å². The average Bonchev–Trinajstić information content (AvgIpc) is 3.70. The van der Waals surface area contributed by atoms with Gasteiger partial charge in [0.25, 0.3) is 5.91 Å². The number of aliphatic hydroxyl groups is 4. The van der Waals surface area contributed by atoms with E-state index in [1.165, 1.54) is 19.8 Å². The molecule has 2 aromatic rings. The molecule has 1 aliphatic carbocycles. The summed E-state index contributed by atoms with van der Waals surface area (Å²) < 4.78 is 26.1. The predicted octanol–water partition coefficient (Wildman–Crippen LogP) is -0.834. The molecule has 27 nitrogen and oxygen atoms in total. The van der Waals surface area contributed by atoms with Gasteiger partial charge >= 0.3 is 25.4 Å². The van der Waals surface area contributed by atoms with Crippen LogP contribution in [0.1, 0.15) is 49.0 Å². The number of nitrogens with one attached hydrogen (secondary N) is 3. The van der Waals surface area contributed by atoms with Crippen molar-refractivity contribution in [2.75, 3.05) is 64.1 Å². The molecule has 346 valence electrons. The Kier molecular flexibility index (Phi) is 23.9. The van der Waals surface area contributed by atoms with Crippen molar-refractivity contribution in [1.29, 1.82) is 0 Å². The van der Waals surface area contributed by atoms with E-state index in [9.17, 15) is 48.9 Å². The highest BCUT2D eigenvalue weighted by atomic mass is 35.5. The maximum absolute atomic E-state index is 12.2. The van der Waals surface area contributed by atoms with Gasteiger partial charge in [0.1, 0.15) is 30.7 Å². The average molecular weight is 954 g/mol. The van der Waals surface area contributed by atoms with E-state index in [1.54, 1.807) is 4.67 Å². The maximum Gasteiger partial charge on any atom is 0.352 e. The second-order valence-electron chi connectivity index (χ2n) is 13.1. The van der Waals surface area contributed by atoms with E-state index in [0.717, 1.165) is 59.8 Å². The number of fused-ring (bicyclic) bond motifs is 1. The summed E-state index contributed by atoms with van der Waals surface area (Å²) in [5.41, 5.74) is 4.60. The van der Waals surface area contributed by atoms with Crippen LogP contribution in [0.4, 0.5) is 9.59 Å². The molecule has 5 amide bonds. The molecule has 3 fully saturated rings. The fourth-order valence-corrected chi connectivity index (χ4v) is 8.42. The van der Waals surface area contributed by atoms with Gasteiger partial charge in [0.15, 0.2) is 17.6 Å². The van der Waals surface area contributed by atoms with Crippen LogP contribution in [0.3, 0.4) is 0 Å². The van der Waals surface area contributed by atoms with E-state index in [0.29, 0.717) is 36.5 Å². The number of nitrogens with two attached hydrogens (primary N) is 1. The molecule has 0 aromatic carbocycles. The third kappa shape index (κ3) is 16.2. The van der Waals surface area contributed by atoms with Crippen molar-refractivity contribution in [3.63, 3.8) is 0 Å². The van der Waals surface area contributed by atoms with Crippen LogP contribution in [-0.4, -0.2) is 178 Å². The third-order valence-electron chi connectivity index (χ3n) is 8.86. The summed E-state index contributed by atoms with van der Waals surface area (Å²) in [5.74, 6) is 0.317. The molecule has 3 aliphatic rings. The molecular formula is C30H52Cl3N14O13P. The number of nitroso groups, excluding NO2 is 2. The van der Waals surface area contributed by atoms with Crippen molar-refractivity contribution < 1.29 is 48.6 Å². The minimum atomic E-state index is -2.84. The largest absolute Gasteiger partial charge is 0.394 e. The summed E-state index contributed by atoms with van der Waals surface area (Å²) >= 11 is 16.7. The van der Waals surface area contributed by atoms with Crippen molar-refractivity contribution in [1.82, 2.24) is 54.8 Å². The lowest BCUT2D eigenvalue weighted by molar-refractivity contribution is -0.252. The van der Waals surface area contributed by atoms with Crippen LogP contribution < -0.4 is 27.1 Å². The molecule has 5 rings (SSSR count). The number of imidazole rings is 1. The van der Waals surface area contributed by atoms with Crippen molar-refractivity contribution in [2.45, 2.75) is 75.2 Å². The number of halogens is 3. The Bertz CT molecular complexity index is 1800. The highest BCUT2D eigenvalue weighted by Crippen LogP contribution is 2.48. The SMILES string of the molecule is CN(N=O)C(=O)N[C@@H]1[C@@H](O)[C@H](O)[C@@H](CO)O[C@@H]1O.Cn1nnc2c(C(N)=O)ncn2c1=O.O=NN(CCCl)C(=O)NC1CCCCC1.O=P1(N(CCCl)CCCl)NCCCO1. The van der Waals surface area contributed by atoms with Crippen LogP contribution in [0.5, 0.6) is 0 Å². The lowest BCUT2D eigenvalue weighted by Gasteiger charge is -2.40. The Morgan fingerprint density at radius 3 is 2.16 bits per heavy atom. The number of carbonyl (C=O) groups excluding carboxylic acids is 3. The molecule has 4 heterocycles. The molecule has 2 aromatic heterocycles. The molecule has 9 N–H and O–H groups in total. The molecule has 2 saturated heterocycles. The van der Waals surface area contributed by atoms with Gasteiger partial charge in [0.05, 0.1) is 30.3 Å². The summed E-state index contributed by atoms with van der Waals surface area (Å²) in [6.07, 6.45) is 1.70. The van der Waals surface area contributed by atoms with Crippen molar-refractivity contribution in [2.24, 2.45) is 23.4 Å². The number of urea groups is 2. The molecule has 1 saturated carbocycles. The number of alkyl halides is 3. The predicted molar refractivity (Wildman–Crippen MR) is 218 cm³/mol. The molecule has 6 atom stereocenters. The van der Waals surface area contributed by atoms with Gasteiger partial charge in [-0.3, -0.25) is 9.36 Å². The molecule has 0 radical (unpaired) electrons. The minimum absolute atomic E-state index is 0.0600. The summed E-state index contributed by atoms with van der Waals surface area (Å²) in [6, 6.07) is -2.57. The number of aromatic nitrogens is 5. The molecule has 2 aliphatic heterocycles. The Labute approximate surface area is 363 Å². The van der Waals surface area contributed by atoms with E-state index < -0.39 is 68.6 Å². The highest BCUT2D eigenvalue weighted by molar-refractivity contribution is 7.54. The first kappa shape index (κ1) is 53.4. The van der Waals surface area contributed by atoms with Gasteiger partial charge in [0.2, 0.25) is 0 Å². The fourth-order valence-electron chi connectivity index (χ4n) is 5.61. The van der Waals surface area contributed by atoms with Gasteiger partial charge in [-0.15, -0.1) is 49.7 Å². The summed E-state index contributed by atoms with van der Waals surface area (Å²) in [5, 5.41) is 58.7. The van der Waals surface area contributed by atoms with Gasteiger partial charge in [-0.2, -0.15) is 14.7 Å². The number of hydrogen-bond acceptors (Lipinski definition) is 18. The quantitative estimate of drug-likeness (QED) is 0.0525. The lowest BCUT2D eigenvalue weighted by atomic mass is 9.96. The van der Waals surface area contributed by atoms with Gasteiger partial charge in [0, 0.05) is 57.4 Å². The fraction of sp³-hybridized carbons (Fsp3) is 0.767. The van der Waals surface area contributed by atoms with Crippen LogP contribution in [0, 0.1) is 9.81 Å². The first-order valence-corrected chi connectivity index (χ1v) is 21.8. The molecule has 31 heteroatoms. The van der Waals surface area contributed by atoms with E-state index >= 15 is 0 Å². The van der Waals surface area contributed by atoms with Crippen LogP contribution in [0.15, 0.2) is 21.7 Å². The van der Waals surface area contributed by atoms with Crippen molar-refractivity contribution in [3.05, 3.63) is 32.3 Å². The molecule has 0 spiro atoms. The number of aliphatic hydroxyl groups excluding tert-OH is 4. The number of primary amides is 1. The Morgan fingerprint density at radius 2 is 1.64 bits per heavy atom. The second kappa shape index (κ2) is 27.4. The molecular weight excluding hydrogens is 902 g/mol. The van der Waals surface area contributed by atoms with Gasteiger partial charge in [-0.05, 0) is 19.3 Å². The molecule has 1 unspecified atom stereocenters. The van der Waals surface area contributed by atoms with Crippen molar-refractivity contribution in [3.8, 4) is 0 Å². The van der Waals surface area contributed by atoms with Crippen LogP contribution >= 0.6 is 42.5 Å². The van der Waals surface area contributed by atoms with Crippen LogP contribution in [0.25, 0.3) is 5.65 Å².